The van der Waals surface area contributed by atoms with E-state index >= 15 is 0 Å². The Morgan fingerprint density at radius 2 is 0.962 bits per heavy atom. The number of carboxylic acid groups (broad SMARTS) is 1. The number of nitrogen functional groups attached to an aromatic ring is 1. The summed E-state index contributed by atoms with van der Waals surface area (Å²) in [5.41, 5.74) is 12.6. The van der Waals surface area contributed by atoms with Gasteiger partial charge in [-0.15, -0.1) is 37.9 Å². The number of esters is 4. The molecule has 1 fully saturated rings. The molecule has 3 aliphatic heterocycles. The van der Waals surface area contributed by atoms with E-state index in [1.54, 1.807) is 57.2 Å². The smallest absolute Gasteiger partial charge is 0.870 e. The second-order valence-electron chi connectivity index (χ2n) is 22.5. The van der Waals surface area contributed by atoms with Crippen LogP contribution in [0.25, 0.3) is 11.0 Å². The topological polar surface area (TPSA) is 493 Å². The van der Waals surface area contributed by atoms with Crippen molar-refractivity contribution in [2.24, 2.45) is 0 Å². The van der Waals surface area contributed by atoms with Gasteiger partial charge in [0.2, 0.25) is 0 Å². The zero-order valence-corrected chi connectivity index (χ0v) is 59.6. The number of aromatic carboxylic acids is 1. The van der Waals surface area contributed by atoms with Crippen molar-refractivity contribution in [1.82, 2.24) is 99.9 Å². The number of nitrogens with zero attached hydrogens (tertiary/aromatic N) is 20. The predicted octanol–water partition coefficient (Wildman–Crippen LogP) is 1.27. The zero-order valence-electron chi connectivity index (χ0n) is 58.8. The fourth-order valence-corrected chi connectivity index (χ4v) is 9.58. The first kappa shape index (κ1) is 84.2. The van der Waals surface area contributed by atoms with Crippen LogP contribution in [0, 0.1) is 0 Å². The molecule has 0 unspecified atom stereocenters. The summed E-state index contributed by atoms with van der Waals surface area (Å²) in [6.07, 6.45) is 19.1. The molecule has 0 bridgehead atoms. The molecule has 40 heteroatoms. The SMILES string of the molecule is COC(=O)c1cn(CCC(C)=O)nn1.COC(=O)c1cn(CCC2(C)OCCO2)nn1.COC(=O)c1cn(CCc2ccc3c(n2)NCCC3)nn1.COC(=O)c1cn(CCc2ccc3cccnc3n2)nn1.Cl.Nc1ncccc1C=O.O=C(O)c1cn(CCc2ccc3c(n2)NCCC3)nn1.[Li+].[OH-]. The Kier molecular flexibility index (Phi) is 34.4. The zero-order chi connectivity index (χ0) is 72.8. The van der Waals surface area contributed by atoms with Crippen molar-refractivity contribution in [3.8, 4) is 0 Å². The molecule has 0 saturated carbocycles. The Morgan fingerprint density at radius 3 is 1.37 bits per heavy atom. The van der Waals surface area contributed by atoms with Crippen molar-refractivity contribution in [3.05, 3.63) is 166 Å². The van der Waals surface area contributed by atoms with Crippen LogP contribution < -0.4 is 35.2 Å². The second-order valence-corrected chi connectivity index (χ2v) is 22.5. The number of halogens is 1. The van der Waals surface area contributed by atoms with Gasteiger partial charge in [-0.25, -0.2) is 48.9 Å². The molecule has 13 rings (SSSR count). The quantitative estimate of drug-likeness (QED) is 0.0340. The fourth-order valence-electron chi connectivity index (χ4n) is 9.58. The summed E-state index contributed by atoms with van der Waals surface area (Å²) in [5.74, 6) is -1.29. The number of ether oxygens (including phenoxy) is 6. The number of carboxylic acids is 1. The van der Waals surface area contributed by atoms with Crippen molar-refractivity contribution in [2.75, 3.05) is 71.1 Å². The number of anilines is 3. The van der Waals surface area contributed by atoms with Crippen molar-refractivity contribution in [2.45, 2.75) is 110 Å². The molecule has 38 nitrogen and oxygen atoms in total. The van der Waals surface area contributed by atoms with E-state index < -0.39 is 35.6 Å². The van der Waals surface area contributed by atoms with Crippen LogP contribution in [0.4, 0.5) is 17.5 Å². The van der Waals surface area contributed by atoms with Crippen molar-refractivity contribution in [1.29, 1.82) is 0 Å². The van der Waals surface area contributed by atoms with Crippen molar-refractivity contribution < 1.29 is 91.4 Å². The summed E-state index contributed by atoms with van der Waals surface area (Å²) >= 11 is 0. The molecule has 0 atom stereocenters. The Bertz CT molecular complexity index is 4450. The number of fused-ring (bicyclic) bond motifs is 3. The van der Waals surface area contributed by atoms with Gasteiger partial charge < -0.3 is 55.4 Å². The van der Waals surface area contributed by atoms with Crippen molar-refractivity contribution in [3.63, 3.8) is 0 Å². The number of pyridine rings is 5. The van der Waals surface area contributed by atoms with Gasteiger partial charge in [-0.05, 0) is 99.2 Å². The summed E-state index contributed by atoms with van der Waals surface area (Å²) in [6, 6.07) is 19.4. The third kappa shape index (κ3) is 26.4. The van der Waals surface area contributed by atoms with Gasteiger partial charge in [-0.2, -0.15) is 0 Å². The summed E-state index contributed by atoms with van der Waals surface area (Å²) in [7, 11) is 5.22. The van der Waals surface area contributed by atoms with E-state index in [0.717, 1.165) is 84.9 Å². The number of aryl methyl sites for hydroxylation is 10. The Labute approximate surface area is 618 Å². The van der Waals surface area contributed by atoms with Crippen molar-refractivity contribution >= 4 is 82.8 Å². The molecule has 6 N–H and O–H groups in total. The van der Waals surface area contributed by atoms with E-state index in [1.807, 2.05) is 43.3 Å². The number of methoxy groups -OCH3 is 4. The monoisotopic (exact) mass is 1460 g/mol. The Hall–Kier alpha value is -11.4. The van der Waals surface area contributed by atoms with E-state index in [0.29, 0.717) is 83.5 Å². The molecule has 0 spiro atoms. The van der Waals surface area contributed by atoms with E-state index in [4.69, 9.17) is 20.3 Å². The molecule has 3 aliphatic rings. The van der Waals surface area contributed by atoms with Gasteiger partial charge >= 0.3 is 48.7 Å². The summed E-state index contributed by atoms with van der Waals surface area (Å²) < 4.78 is 36.9. The standard InChI is InChI=1S/C14H17N5O2.C14H13N5O2.C13H15N5O2.C10H15N3O4.C8H11N3O3.C6H6N2O.ClH.Li.H2O/c2*1-21-14(20)12-9-19(18-17-12)8-6-11-5-4-10-3-2-7-15-13(10)16-11;19-13(20)11-8-18(17-16-11)7-5-10-4-3-9-2-1-6-14-12(9)15-10;1-10(16-5-6-17-10)3-4-13-7-8(11-12-13)9(14)15-2;1-6(12)3-4-11-5-7(9-10-11)8(13)14-2;7-6-5(4-9)2-1-3-8-6;;;/h4-5,9H,2-3,6-8H2,1H3,(H,15,16);2-5,7,9H,6,8H2,1H3;3-4,8H,1-2,5-7H2,(H,14,15)(H,19,20);7H,3-6H2,1-2H3;5H,3-4H2,1-2H3;1-4H,(H2,7,8);1H;;1H2/q;;;;;;;+1;/p-1. The first-order valence-corrected chi connectivity index (χ1v) is 32.0. The average molecular weight is 1460 g/mol. The molecule has 0 amide bonds. The van der Waals surface area contributed by atoms with Crippen LogP contribution in [0.3, 0.4) is 0 Å². The van der Waals surface area contributed by atoms with E-state index in [1.165, 1.54) is 68.2 Å². The first-order chi connectivity index (χ1) is 49.3. The van der Waals surface area contributed by atoms with E-state index in [-0.39, 0.29) is 76.8 Å². The number of ketones is 1. The molecule has 1 saturated heterocycles. The normalized spacial score (nSPS) is 12.4. The number of hydrogen-bond acceptors (Lipinski definition) is 32. The summed E-state index contributed by atoms with van der Waals surface area (Å²) in [6.45, 7) is 9.32. The third-order valence-electron chi connectivity index (χ3n) is 15.1. The van der Waals surface area contributed by atoms with E-state index in [9.17, 15) is 33.6 Å². The molecular formula is C65H79ClLiN23O15. The van der Waals surface area contributed by atoms with Crippen LogP contribution >= 0.6 is 12.4 Å². The summed E-state index contributed by atoms with van der Waals surface area (Å²) in [5, 5.41) is 53.9. The minimum absolute atomic E-state index is 0. The van der Waals surface area contributed by atoms with Crippen LogP contribution in [0.5, 0.6) is 0 Å². The van der Waals surface area contributed by atoms with Gasteiger partial charge in [0, 0.05) is 113 Å². The Balaban J connectivity index is 0.000000229. The fraction of sp³-hybridized carbons (Fsp3) is 0.385. The molecular weight excluding hydrogens is 1390 g/mol. The number of aromatic nitrogens is 20. The second kappa shape index (κ2) is 42.9. The molecule has 10 aromatic heterocycles. The number of carbonyl (C=O) groups is 7. The maximum atomic E-state index is 11.3. The van der Waals surface area contributed by atoms with Gasteiger partial charge in [0.1, 0.15) is 23.2 Å². The number of carbonyl (C=O) groups excluding carboxylic acids is 6. The minimum Gasteiger partial charge on any atom is -0.870 e. The van der Waals surface area contributed by atoms with E-state index in [2.05, 4.69) is 118 Å². The number of hydrogen-bond donors (Lipinski definition) is 4. The van der Waals surface area contributed by atoms with Crippen LogP contribution in [0.1, 0.15) is 131 Å². The largest absolute Gasteiger partial charge is 1.00 e. The molecule has 0 aromatic carbocycles. The van der Waals surface area contributed by atoms with Gasteiger partial charge in [0.15, 0.2) is 46.2 Å². The maximum Gasteiger partial charge on any atom is 1.00 e. The van der Waals surface area contributed by atoms with Crippen LogP contribution in [-0.4, -0.2) is 213 Å². The number of nitrogens with two attached hydrogens (primary N) is 1. The Morgan fingerprint density at radius 1 is 0.562 bits per heavy atom. The van der Waals surface area contributed by atoms with Gasteiger partial charge in [0.25, 0.3) is 0 Å². The van der Waals surface area contributed by atoms with Crippen LogP contribution in [0.2, 0.25) is 0 Å². The molecule has 10 aromatic rings. The van der Waals surface area contributed by atoms with Crippen LogP contribution in [0.15, 0.2) is 104 Å². The third-order valence-corrected chi connectivity index (χ3v) is 15.1. The molecule has 0 aliphatic carbocycles. The summed E-state index contributed by atoms with van der Waals surface area (Å²) in [4.78, 5) is 97.8. The molecule has 13 heterocycles. The van der Waals surface area contributed by atoms with Gasteiger partial charge in [-0.1, -0.05) is 38.2 Å². The van der Waals surface area contributed by atoms with Crippen LogP contribution in [-0.2, 0) is 98.0 Å². The first-order valence-electron chi connectivity index (χ1n) is 32.0. The molecule has 0 radical (unpaired) electrons. The average Bonchev–Trinajstić information content (AvgIpc) is 1.75. The van der Waals surface area contributed by atoms with Gasteiger partial charge in [-0.3, -0.25) is 33.0 Å². The minimum atomic E-state index is -1.06. The molecule has 552 valence electrons. The number of aldehydes is 1. The number of rotatable bonds is 21. The maximum absolute atomic E-state index is 11.3. The predicted molar refractivity (Wildman–Crippen MR) is 369 cm³/mol. The number of nitrogens with one attached hydrogen (secondary N) is 2. The number of Topliss-reactive ketones (excluding diaryl/α,β-unsaturated/α-hetero) is 1. The van der Waals surface area contributed by atoms with Gasteiger partial charge in [0.05, 0.1) is 78.2 Å². The molecule has 105 heavy (non-hydrogen) atoms.